The summed E-state index contributed by atoms with van der Waals surface area (Å²) in [4.78, 5) is 6.90. The van der Waals surface area contributed by atoms with E-state index < -0.39 is 11.6 Å². The number of fused-ring (bicyclic) bond motifs is 3. The standard InChI is InChI=1S/C32H27F2N7O2S/c1-18-26-15-24(38-41(26)8-7-40(18)17-35)31-29(28-23(34)13-21(33)14-27(28)43-10-9-42-3)32-22(6-11-44-32)30(37-31)19-4-5-25-20(12-19)16-36-39(25)2/h4-6,11-16,18H,7-10H2,1-3H3. The molecule has 0 saturated carbocycles. The average molecular weight is 612 g/mol. The lowest BCUT2D eigenvalue weighted by molar-refractivity contribution is 0.146. The highest BCUT2D eigenvalue weighted by molar-refractivity contribution is 7.18. The zero-order chi connectivity index (χ0) is 30.5. The summed E-state index contributed by atoms with van der Waals surface area (Å²) in [5.74, 6) is -1.47. The first-order valence-electron chi connectivity index (χ1n) is 14.1. The summed E-state index contributed by atoms with van der Waals surface area (Å²) in [5.41, 5.74) is 4.92. The van der Waals surface area contributed by atoms with E-state index in [2.05, 4.69) is 11.3 Å². The second-order valence-electron chi connectivity index (χ2n) is 10.6. The van der Waals surface area contributed by atoms with E-state index in [-0.39, 0.29) is 30.6 Å². The first-order chi connectivity index (χ1) is 21.4. The van der Waals surface area contributed by atoms with Crippen LogP contribution in [0, 0.1) is 23.1 Å². The molecule has 1 aliphatic rings. The first kappa shape index (κ1) is 27.9. The highest BCUT2D eigenvalue weighted by Gasteiger charge is 2.30. The van der Waals surface area contributed by atoms with Crippen LogP contribution in [0.1, 0.15) is 18.7 Å². The van der Waals surface area contributed by atoms with Gasteiger partial charge in [0, 0.05) is 59.4 Å². The van der Waals surface area contributed by atoms with Crippen LogP contribution in [-0.2, 0) is 18.3 Å². The molecule has 0 spiro atoms. The summed E-state index contributed by atoms with van der Waals surface area (Å²) < 4.78 is 46.0. The predicted molar refractivity (Wildman–Crippen MR) is 164 cm³/mol. The number of nitrogens with zero attached hydrogens (tertiary/aromatic N) is 7. The number of methoxy groups -OCH3 is 1. The van der Waals surface area contributed by atoms with Crippen LogP contribution in [0.3, 0.4) is 0 Å². The number of pyridine rings is 1. The molecule has 5 heterocycles. The fraction of sp³-hybridized carbons (Fsp3) is 0.250. The Labute approximate surface area is 255 Å². The highest BCUT2D eigenvalue weighted by atomic mass is 32.1. The Bertz CT molecular complexity index is 2090. The molecule has 7 rings (SSSR count). The third kappa shape index (κ3) is 4.56. The third-order valence-electron chi connectivity index (χ3n) is 8.07. The van der Waals surface area contributed by atoms with Crippen LogP contribution in [0.5, 0.6) is 5.75 Å². The number of hydrogen-bond acceptors (Lipinski definition) is 8. The Morgan fingerprint density at radius 3 is 2.75 bits per heavy atom. The topological polar surface area (TPSA) is 94.0 Å². The maximum atomic E-state index is 16.0. The van der Waals surface area contributed by atoms with E-state index in [0.717, 1.165) is 38.3 Å². The summed E-state index contributed by atoms with van der Waals surface area (Å²) in [5, 5.41) is 22.6. The number of halogens is 2. The quantitative estimate of drug-likeness (QED) is 0.149. The van der Waals surface area contributed by atoms with Crippen LogP contribution < -0.4 is 4.74 Å². The SMILES string of the molecule is COCCOc1cc(F)cc(F)c1-c1c(-c2cc3n(n2)CCN(C#N)C3C)nc(-c2ccc3c(cnn3C)c2)c2ccsc12. The van der Waals surface area contributed by atoms with Gasteiger partial charge in [0.05, 0.1) is 47.9 Å². The van der Waals surface area contributed by atoms with Crippen LogP contribution >= 0.6 is 11.3 Å². The molecule has 4 aromatic heterocycles. The maximum Gasteiger partial charge on any atom is 0.180 e. The van der Waals surface area contributed by atoms with E-state index >= 15 is 4.39 Å². The van der Waals surface area contributed by atoms with E-state index in [0.29, 0.717) is 35.7 Å². The monoisotopic (exact) mass is 611 g/mol. The van der Waals surface area contributed by atoms with Crippen molar-refractivity contribution in [3.8, 4) is 45.7 Å². The van der Waals surface area contributed by atoms with Gasteiger partial charge >= 0.3 is 0 Å². The van der Waals surface area contributed by atoms with E-state index in [9.17, 15) is 9.65 Å². The molecule has 6 aromatic rings. The van der Waals surface area contributed by atoms with Crippen molar-refractivity contribution in [1.82, 2.24) is 29.4 Å². The van der Waals surface area contributed by atoms with Gasteiger partial charge in [-0.3, -0.25) is 9.36 Å². The Balaban J connectivity index is 1.52. The van der Waals surface area contributed by atoms with Crippen molar-refractivity contribution in [3.63, 3.8) is 0 Å². The minimum absolute atomic E-state index is 0.0508. The Morgan fingerprint density at radius 1 is 1.07 bits per heavy atom. The predicted octanol–water partition coefficient (Wildman–Crippen LogP) is 6.54. The summed E-state index contributed by atoms with van der Waals surface area (Å²) >= 11 is 1.44. The number of nitriles is 1. The zero-order valence-electron chi connectivity index (χ0n) is 24.2. The Morgan fingerprint density at radius 2 is 1.93 bits per heavy atom. The Hall–Kier alpha value is -4.86. The van der Waals surface area contributed by atoms with Crippen molar-refractivity contribution in [2.45, 2.75) is 19.5 Å². The second-order valence-corrected chi connectivity index (χ2v) is 11.6. The fourth-order valence-corrected chi connectivity index (χ4v) is 6.82. The summed E-state index contributed by atoms with van der Waals surface area (Å²) in [6.45, 7) is 3.34. The molecule has 2 aromatic carbocycles. The number of thiophene rings is 1. The molecule has 0 amide bonds. The molecule has 222 valence electrons. The van der Waals surface area contributed by atoms with Crippen molar-refractivity contribution in [3.05, 3.63) is 71.4 Å². The first-order valence-corrected chi connectivity index (χ1v) is 14.9. The minimum atomic E-state index is -0.771. The molecule has 0 radical (unpaired) electrons. The molecule has 1 unspecified atom stereocenters. The maximum absolute atomic E-state index is 16.0. The lowest BCUT2D eigenvalue weighted by atomic mass is 9.96. The van der Waals surface area contributed by atoms with Crippen molar-refractivity contribution >= 4 is 32.3 Å². The molecule has 0 fully saturated rings. The van der Waals surface area contributed by atoms with Gasteiger partial charge in [-0.25, -0.2) is 13.8 Å². The van der Waals surface area contributed by atoms with Crippen LogP contribution in [0.2, 0.25) is 0 Å². The van der Waals surface area contributed by atoms with Gasteiger partial charge in [0.25, 0.3) is 0 Å². The van der Waals surface area contributed by atoms with Gasteiger partial charge in [-0.05, 0) is 36.6 Å². The lowest BCUT2D eigenvalue weighted by Gasteiger charge is -2.29. The number of aromatic nitrogens is 5. The highest BCUT2D eigenvalue weighted by Crippen LogP contribution is 2.47. The van der Waals surface area contributed by atoms with Crippen molar-refractivity contribution < 1.29 is 18.3 Å². The molecule has 9 nitrogen and oxygen atoms in total. The molecule has 0 bridgehead atoms. The van der Waals surface area contributed by atoms with Gasteiger partial charge in [-0.1, -0.05) is 6.07 Å². The van der Waals surface area contributed by atoms with Crippen molar-refractivity contribution in [2.24, 2.45) is 7.05 Å². The number of aryl methyl sites for hydroxylation is 1. The molecule has 44 heavy (non-hydrogen) atoms. The molecule has 12 heteroatoms. The molecule has 0 aliphatic carbocycles. The van der Waals surface area contributed by atoms with Gasteiger partial charge < -0.3 is 14.4 Å². The van der Waals surface area contributed by atoms with Gasteiger partial charge in [-0.15, -0.1) is 11.3 Å². The van der Waals surface area contributed by atoms with E-state index in [4.69, 9.17) is 19.6 Å². The number of benzene rings is 2. The number of rotatable bonds is 7. The van der Waals surface area contributed by atoms with E-state index in [1.54, 1.807) is 4.90 Å². The number of hydrogen-bond donors (Lipinski definition) is 0. The van der Waals surface area contributed by atoms with Crippen molar-refractivity contribution in [2.75, 3.05) is 26.9 Å². The molecule has 1 atom stereocenters. The van der Waals surface area contributed by atoms with Gasteiger partial charge in [0.2, 0.25) is 0 Å². The summed E-state index contributed by atoms with van der Waals surface area (Å²) in [7, 11) is 3.42. The minimum Gasteiger partial charge on any atom is -0.490 e. The molecular formula is C32H27F2N7O2S. The molecule has 0 saturated heterocycles. The van der Waals surface area contributed by atoms with Gasteiger partial charge in [-0.2, -0.15) is 15.5 Å². The van der Waals surface area contributed by atoms with Gasteiger partial charge in [0.1, 0.15) is 35.4 Å². The molecular weight excluding hydrogens is 584 g/mol. The molecule has 1 aliphatic heterocycles. The Kier molecular flexibility index (Phi) is 6.99. The van der Waals surface area contributed by atoms with Crippen LogP contribution in [0.25, 0.3) is 54.8 Å². The largest absolute Gasteiger partial charge is 0.490 e. The normalized spacial score (nSPS) is 14.7. The van der Waals surface area contributed by atoms with Crippen molar-refractivity contribution in [1.29, 1.82) is 5.26 Å². The summed E-state index contributed by atoms with van der Waals surface area (Å²) in [6.07, 6.45) is 4.06. The van der Waals surface area contributed by atoms with Gasteiger partial charge in [0.15, 0.2) is 6.19 Å². The van der Waals surface area contributed by atoms with Crippen LogP contribution in [-0.4, -0.2) is 56.3 Å². The second kappa shape index (κ2) is 11.0. The summed E-state index contributed by atoms with van der Waals surface area (Å²) in [6, 6.07) is 11.7. The smallest absolute Gasteiger partial charge is 0.180 e. The lowest BCUT2D eigenvalue weighted by Crippen LogP contribution is -2.33. The van der Waals surface area contributed by atoms with E-state index in [1.807, 2.05) is 65.2 Å². The van der Waals surface area contributed by atoms with E-state index in [1.165, 1.54) is 24.5 Å². The zero-order valence-corrected chi connectivity index (χ0v) is 25.0. The van der Waals surface area contributed by atoms with Crippen LogP contribution in [0.4, 0.5) is 8.78 Å². The number of ether oxygens (including phenoxy) is 2. The van der Waals surface area contributed by atoms with Crippen LogP contribution in [0.15, 0.2) is 54.0 Å². The third-order valence-corrected chi connectivity index (χ3v) is 9.00. The molecule has 0 N–H and O–H groups in total. The average Bonchev–Trinajstić information content (AvgIpc) is 3.76. The fourth-order valence-electron chi connectivity index (χ4n) is 5.87.